The molecule has 1 heterocycles. The summed E-state index contributed by atoms with van der Waals surface area (Å²) in [6.45, 7) is 3.56. The van der Waals surface area contributed by atoms with E-state index in [-0.39, 0.29) is 0 Å². The van der Waals surface area contributed by atoms with Crippen molar-refractivity contribution < 1.29 is 5.11 Å². The van der Waals surface area contributed by atoms with Crippen molar-refractivity contribution in [2.75, 3.05) is 0 Å². The fraction of sp³-hybridized carbons (Fsp3) is 0.625. The second-order valence-corrected chi connectivity index (χ2v) is 3.44. The van der Waals surface area contributed by atoms with Gasteiger partial charge in [-0.25, -0.2) is 4.98 Å². The molecular formula is C8H14N2O. The van der Waals surface area contributed by atoms with Gasteiger partial charge in [-0.05, 0) is 13.8 Å². The zero-order chi connectivity index (χ0) is 8.48. The van der Waals surface area contributed by atoms with Crippen molar-refractivity contribution in [1.82, 2.24) is 9.55 Å². The number of aromatic nitrogens is 2. The molecule has 11 heavy (non-hydrogen) atoms. The molecule has 0 amide bonds. The lowest BCUT2D eigenvalue weighted by Crippen LogP contribution is -2.23. The van der Waals surface area contributed by atoms with Crippen LogP contribution in [-0.4, -0.2) is 20.3 Å². The van der Waals surface area contributed by atoms with Gasteiger partial charge in [0.2, 0.25) is 0 Å². The number of hydrogen-bond acceptors (Lipinski definition) is 2. The first-order valence-electron chi connectivity index (χ1n) is 3.67. The predicted molar refractivity (Wildman–Crippen MR) is 43.2 cm³/mol. The quantitative estimate of drug-likeness (QED) is 0.682. The van der Waals surface area contributed by atoms with E-state index in [4.69, 9.17) is 0 Å². The van der Waals surface area contributed by atoms with Crippen molar-refractivity contribution in [3.8, 4) is 0 Å². The van der Waals surface area contributed by atoms with E-state index in [9.17, 15) is 5.11 Å². The third-order valence-electron chi connectivity index (χ3n) is 1.51. The molecule has 0 fully saturated rings. The molecule has 3 heteroatoms. The van der Waals surface area contributed by atoms with E-state index in [1.807, 2.05) is 17.8 Å². The Morgan fingerprint density at radius 2 is 2.27 bits per heavy atom. The van der Waals surface area contributed by atoms with Gasteiger partial charge in [0.05, 0.1) is 5.60 Å². The van der Waals surface area contributed by atoms with Gasteiger partial charge in [-0.1, -0.05) is 0 Å². The smallest absolute Gasteiger partial charge is 0.111 e. The Bertz CT molecular complexity index is 234. The van der Waals surface area contributed by atoms with Crippen LogP contribution in [0.15, 0.2) is 12.4 Å². The maximum Gasteiger partial charge on any atom is 0.111 e. The van der Waals surface area contributed by atoms with Crippen molar-refractivity contribution in [3.05, 3.63) is 18.2 Å². The number of imidazole rings is 1. The van der Waals surface area contributed by atoms with Crippen LogP contribution >= 0.6 is 0 Å². The molecule has 0 aliphatic heterocycles. The van der Waals surface area contributed by atoms with Crippen LogP contribution < -0.4 is 0 Å². The molecule has 0 aromatic carbocycles. The number of aliphatic hydroxyl groups is 1. The summed E-state index contributed by atoms with van der Waals surface area (Å²) in [5, 5.41) is 9.46. The normalized spacial score (nSPS) is 12.0. The van der Waals surface area contributed by atoms with Crippen LogP contribution in [0.3, 0.4) is 0 Å². The van der Waals surface area contributed by atoms with Crippen LogP contribution in [-0.2, 0) is 13.5 Å². The highest BCUT2D eigenvalue weighted by atomic mass is 16.3. The molecule has 1 aromatic heterocycles. The molecule has 0 saturated carbocycles. The molecule has 0 spiro atoms. The Kier molecular flexibility index (Phi) is 2.00. The van der Waals surface area contributed by atoms with Crippen LogP contribution in [0.25, 0.3) is 0 Å². The van der Waals surface area contributed by atoms with Crippen molar-refractivity contribution in [3.63, 3.8) is 0 Å². The van der Waals surface area contributed by atoms with Crippen LogP contribution in [0.4, 0.5) is 0 Å². The minimum Gasteiger partial charge on any atom is -0.390 e. The maximum absolute atomic E-state index is 9.46. The molecule has 62 valence electrons. The van der Waals surface area contributed by atoms with Crippen molar-refractivity contribution >= 4 is 0 Å². The molecule has 1 aromatic rings. The SMILES string of the molecule is Cn1ccnc1CC(C)(C)O. The van der Waals surface area contributed by atoms with E-state index >= 15 is 0 Å². The first-order chi connectivity index (χ1) is 4.99. The van der Waals surface area contributed by atoms with Gasteiger partial charge in [0.1, 0.15) is 5.82 Å². The lowest BCUT2D eigenvalue weighted by Gasteiger charge is -2.15. The first kappa shape index (κ1) is 8.27. The molecule has 1 N–H and O–H groups in total. The third-order valence-corrected chi connectivity index (χ3v) is 1.51. The second kappa shape index (κ2) is 2.66. The van der Waals surface area contributed by atoms with Crippen LogP contribution in [0.2, 0.25) is 0 Å². The largest absolute Gasteiger partial charge is 0.390 e. The molecule has 0 aliphatic carbocycles. The minimum absolute atomic E-state index is 0.594. The van der Waals surface area contributed by atoms with Gasteiger partial charge in [-0.15, -0.1) is 0 Å². The summed E-state index contributed by atoms with van der Waals surface area (Å²) in [5.41, 5.74) is -0.668. The van der Waals surface area contributed by atoms with Crippen molar-refractivity contribution in [1.29, 1.82) is 0 Å². The average molecular weight is 154 g/mol. The molecule has 3 nitrogen and oxygen atoms in total. The molecule has 0 atom stereocenters. The number of rotatable bonds is 2. The Hall–Kier alpha value is -0.830. The topological polar surface area (TPSA) is 38.0 Å². The van der Waals surface area contributed by atoms with E-state index in [1.54, 1.807) is 20.0 Å². The third kappa shape index (κ3) is 2.35. The predicted octanol–water partition coefficient (Wildman–Crippen LogP) is 0.733. The Morgan fingerprint density at radius 3 is 2.64 bits per heavy atom. The zero-order valence-corrected chi connectivity index (χ0v) is 7.20. The van der Waals surface area contributed by atoms with Gasteiger partial charge in [0, 0.05) is 25.9 Å². The summed E-state index contributed by atoms with van der Waals surface area (Å²) in [5.74, 6) is 0.914. The number of hydrogen-bond donors (Lipinski definition) is 1. The lowest BCUT2D eigenvalue weighted by molar-refractivity contribution is 0.0781. The Balaban J connectivity index is 2.72. The van der Waals surface area contributed by atoms with E-state index in [2.05, 4.69) is 4.98 Å². The lowest BCUT2D eigenvalue weighted by atomic mass is 10.1. The highest BCUT2D eigenvalue weighted by Crippen LogP contribution is 2.09. The summed E-state index contributed by atoms with van der Waals surface area (Å²) >= 11 is 0. The summed E-state index contributed by atoms with van der Waals surface area (Å²) in [6.07, 6.45) is 4.21. The van der Waals surface area contributed by atoms with Gasteiger partial charge in [0.25, 0.3) is 0 Å². The molecule has 0 saturated heterocycles. The van der Waals surface area contributed by atoms with Gasteiger partial charge < -0.3 is 9.67 Å². The highest BCUT2D eigenvalue weighted by molar-refractivity contribution is 4.95. The summed E-state index contributed by atoms with van der Waals surface area (Å²) < 4.78 is 1.91. The molecule has 0 bridgehead atoms. The Labute approximate surface area is 66.7 Å². The van der Waals surface area contributed by atoms with E-state index in [0.717, 1.165) is 5.82 Å². The zero-order valence-electron chi connectivity index (χ0n) is 7.20. The summed E-state index contributed by atoms with van der Waals surface area (Å²) in [4.78, 5) is 4.10. The standard InChI is InChI=1S/C8H14N2O/c1-8(2,11)6-7-9-4-5-10(7)3/h4-5,11H,6H2,1-3H3. The number of aryl methyl sites for hydroxylation is 1. The first-order valence-corrected chi connectivity index (χ1v) is 3.67. The summed E-state index contributed by atoms with van der Waals surface area (Å²) in [7, 11) is 1.92. The highest BCUT2D eigenvalue weighted by Gasteiger charge is 2.15. The molecule has 0 radical (unpaired) electrons. The van der Waals surface area contributed by atoms with E-state index < -0.39 is 5.60 Å². The van der Waals surface area contributed by atoms with Crippen molar-refractivity contribution in [2.24, 2.45) is 7.05 Å². The van der Waals surface area contributed by atoms with Gasteiger partial charge in [-0.3, -0.25) is 0 Å². The molecule has 1 rings (SSSR count). The fourth-order valence-electron chi connectivity index (χ4n) is 0.954. The van der Waals surface area contributed by atoms with E-state index in [0.29, 0.717) is 6.42 Å². The molecule has 0 aliphatic rings. The second-order valence-electron chi connectivity index (χ2n) is 3.44. The van der Waals surface area contributed by atoms with Gasteiger partial charge >= 0.3 is 0 Å². The molecule has 0 unspecified atom stereocenters. The van der Waals surface area contributed by atoms with Gasteiger partial charge in [-0.2, -0.15) is 0 Å². The maximum atomic E-state index is 9.46. The minimum atomic E-state index is -0.668. The fourth-order valence-corrected chi connectivity index (χ4v) is 0.954. The van der Waals surface area contributed by atoms with Gasteiger partial charge in [0.15, 0.2) is 0 Å². The monoisotopic (exact) mass is 154 g/mol. The number of nitrogens with zero attached hydrogens (tertiary/aromatic N) is 2. The Morgan fingerprint density at radius 1 is 1.64 bits per heavy atom. The van der Waals surface area contributed by atoms with Crippen LogP contribution in [0.1, 0.15) is 19.7 Å². The van der Waals surface area contributed by atoms with Crippen LogP contribution in [0, 0.1) is 0 Å². The summed E-state index contributed by atoms with van der Waals surface area (Å²) in [6, 6.07) is 0. The average Bonchev–Trinajstić information content (AvgIpc) is 2.12. The van der Waals surface area contributed by atoms with Crippen molar-refractivity contribution in [2.45, 2.75) is 25.9 Å². The molecular weight excluding hydrogens is 140 g/mol. The van der Waals surface area contributed by atoms with E-state index in [1.165, 1.54) is 0 Å². The van der Waals surface area contributed by atoms with Crippen LogP contribution in [0.5, 0.6) is 0 Å².